The van der Waals surface area contributed by atoms with Crippen molar-refractivity contribution in [2.45, 2.75) is 31.4 Å². The Morgan fingerprint density at radius 1 is 0.967 bits per heavy atom. The van der Waals surface area contributed by atoms with E-state index in [0.717, 1.165) is 16.7 Å². The molecule has 0 aromatic heterocycles. The van der Waals surface area contributed by atoms with Gasteiger partial charge in [-0.25, -0.2) is 13.2 Å². The van der Waals surface area contributed by atoms with Gasteiger partial charge in [-0.3, -0.25) is 0 Å². The van der Waals surface area contributed by atoms with Crippen molar-refractivity contribution in [3.63, 3.8) is 0 Å². The lowest BCUT2D eigenvalue weighted by atomic mass is 10.0. The topological polar surface area (TPSA) is 63.7 Å². The second-order valence-electron chi connectivity index (χ2n) is 7.45. The standard InChI is InChI=1S/C24H23NO4S/c1-18-9-11-19(12-10-18)17-29-24(26)21-7-4-8-23(15-21)30(27,28)25-14-13-20-5-2-3-6-22(20)16-25/h2-12,15H,13-14,16-17H2,1H3. The van der Waals surface area contributed by atoms with E-state index in [9.17, 15) is 13.2 Å². The minimum atomic E-state index is -3.71. The molecule has 0 bridgehead atoms. The zero-order chi connectivity index (χ0) is 21.1. The molecule has 1 heterocycles. The van der Waals surface area contributed by atoms with Crippen LogP contribution in [-0.2, 0) is 34.3 Å². The molecule has 30 heavy (non-hydrogen) atoms. The van der Waals surface area contributed by atoms with E-state index in [4.69, 9.17) is 4.74 Å². The lowest BCUT2D eigenvalue weighted by Gasteiger charge is -2.28. The number of benzene rings is 3. The van der Waals surface area contributed by atoms with Crippen LogP contribution in [0.25, 0.3) is 0 Å². The third kappa shape index (κ3) is 4.30. The van der Waals surface area contributed by atoms with Gasteiger partial charge in [0.05, 0.1) is 10.5 Å². The summed E-state index contributed by atoms with van der Waals surface area (Å²) >= 11 is 0. The third-order valence-electron chi connectivity index (χ3n) is 5.29. The Morgan fingerprint density at radius 2 is 1.70 bits per heavy atom. The number of sulfonamides is 1. The average molecular weight is 422 g/mol. The van der Waals surface area contributed by atoms with Crippen LogP contribution >= 0.6 is 0 Å². The predicted octanol–water partition coefficient (Wildman–Crippen LogP) is 4.10. The van der Waals surface area contributed by atoms with E-state index in [-0.39, 0.29) is 17.1 Å². The maximum atomic E-state index is 13.2. The molecule has 0 saturated heterocycles. The van der Waals surface area contributed by atoms with Gasteiger partial charge in [-0.05, 0) is 48.2 Å². The van der Waals surface area contributed by atoms with Gasteiger partial charge >= 0.3 is 5.97 Å². The highest BCUT2D eigenvalue weighted by Crippen LogP contribution is 2.25. The van der Waals surface area contributed by atoms with Crippen molar-refractivity contribution in [1.29, 1.82) is 0 Å². The number of esters is 1. The summed E-state index contributed by atoms with van der Waals surface area (Å²) in [6, 6.07) is 21.6. The molecule has 154 valence electrons. The zero-order valence-electron chi connectivity index (χ0n) is 16.7. The number of carbonyl (C=O) groups excluding carboxylic acids is 1. The third-order valence-corrected chi connectivity index (χ3v) is 7.13. The maximum absolute atomic E-state index is 13.2. The van der Waals surface area contributed by atoms with Crippen molar-refractivity contribution < 1.29 is 17.9 Å². The SMILES string of the molecule is Cc1ccc(COC(=O)c2cccc(S(=O)(=O)N3CCc4ccccc4C3)c2)cc1. The number of hydrogen-bond acceptors (Lipinski definition) is 4. The number of carbonyl (C=O) groups is 1. The molecule has 5 nitrogen and oxygen atoms in total. The molecule has 0 N–H and O–H groups in total. The van der Waals surface area contributed by atoms with Gasteiger partial charge in [-0.15, -0.1) is 0 Å². The zero-order valence-corrected chi connectivity index (χ0v) is 17.6. The highest BCUT2D eigenvalue weighted by atomic mass is 32.2. The van der Waals surface area contributed by atoms with E-state index in [1.165, 1.54) is 22.0 Å². The molecule has 0 unspecified atom stereocenters. The molecule has 0 atom stereocenters. The predicted molar refractivity (Wildman–Crippen MR) is 114 cm³/mol. The van der Waals surface area contributed by atoms with Gasteiger partial charge in [-0.2, -0.15) is 4.31 Å². The van der Waals surface area contributed by atoms with Gasteiger partial charge < -0.3 is 4.74 Å². The second-order valence-corrected chi connectivity index (χ2v) is 9.38. The lowest BCUT2D eigenvalue weighted by molar-refractivity contribution is 0.0472. The molecule has 0 radical (unpaired) electrons. The highest BCUT2D eigenvalue weighted by Gasteiger charge is 2.28. The van der Waals surface area contributed by atoms with E-state index in [1.54, 1.807) is 12.1 Å². The molecule has 0 amide bonds. The average Bonchev–Trinajstić information content (AvgIpc) is 2.78. The minimum absolute atomic E-state index is 0.103. The minimum Gasteiger partial charge on any atom is -0.457 e. The summed E-state index contributed by atoms with van der Waals surface area (Å²) in [5.74, 6) is -0.545. The normalized spacial score (nSPS) is 14.2. The van der Waals surface area contributed by atoms with Crippen LogP contribution < -0.4 is 0 Å². The van der Waals surface area contributed by atoms with E-state index in [0.29, 0.717) is 19.5 Å². The Bertz CT molecular complexity index is 1170. The van der Waals surface area contributed by atoms with Crippen LogP contribution in [-0.4, -0.2) is 25.2 Å². The Kier molecular flexibility index (Phi) is 5.70. The van der Waals surface area contributed by atoms with Crippen LogP contribution in [0.4, 0.5) is 0 Å². The Balaban J connectivity index is 1.49. The fourth-order valence-electron chi connectivity index (χ4n) is 3.52. The van der Waals surface area contributed by atoms with E-state index in [1.807, 2.05) is 55.5 Å². The van der Waals surface area contributed by atoms with Crippen molar-refractivity contribution >= 4 is 16.0 Å². The van der Waals surface area contributed by atoms with Gasteiger partial charge in [0.1, 0.15) is 6.61 Å². The number of nitrogens with zero attached hydrogens (tertiary/aromatic N) is 1. The summed E-state index contributed by atoms with van der Waals surface area (Å²) in [4.78, 5) is 12.6. The molecule has 6 heteroatoms. The molecule has 0 fully saturated rings. The summed E-state index contributed by atoms with van der Waals surface area (Å²) in [6.07, 6.45) is 0.674. The van der Waals surface area contributed by atoms with Crippen molar-refractivity contribution in [2.75, 3.05) is 6.54 Å². The molecule has 4 rings (SSSR count). The maximum Gasteiger partial charge on any atom is 0.338 e. The summed E-state index contributed by atoms with van der Waals surface area (Å²) < 4.78 is 33.1. The van der Waals surface area contributed by atoms with Gasteiger partial charge in [0.25, 0.3) is 0 Å². The Labute approximate surface area is 177 Å². The van der Waals surface area contributed by atoms with Crippen molar-refractivity contribution in [3.8, 4) is 0 Å². The van der Waals surface area contributed by atoms with E-state index < -0.39 is 16.0 Å². The van der Waals surface area contributed by atoms with Gasteiger partial charge in [0, 0.05) is 13.1 Å². The first-order valence-corrected chi connectivity index (χ1v) is 11.3. The first-order valence-electron chi connectivity index (χ1n) is 9.83. The van der Waals surface area contributed by atoms with Crippen LogP contribution in [0.2, 0.25) is 0 Å². The first kappa shape index (κ1) is 20.3. The van der Waals surface area contributed by atoms with Gasteiger partial charge in [0.15, 0.2) is 0 Å². The van der Waals surface area contributed by atoms with E-state index >= 15 is 0 Å². The summed E-state index contributed by atoms with van der Waals surface area (Å²) in [5, 5.41) is 0. The van der Waals surface area contributed by atoms with E-state index in [2.05, 4.69) is 0 Å². The first-order chi connectivity index (χ1) is 14.4. The van der Waals surface area contributed by atoms with Crippen LogP contribution in [0.15, 0.2) is 77.7 Å². The highest BCUT2D eigenvalue weighted by molar-refractivity contribution is 7.89. The van der Waals surface area contributed by atoms with Crippen LogP contribution in [0.1, 0.15) is 32.6 Å². The van der Waals surface area contributed by atoms with Crippen molar-refractivity contribution in [1.82, 2.24) is 4.31 Å². The van der Waals surface area contributed by atoms with Crippen LogP contribution in [0, 0.1) is 6.92 Å². The van der Waals surface area contributed by atoms with Crippen LogP contribution in [0.3, 0.4) is 0 Å². The summed E-state index contributed by atoms with van der Waals surface area (Å²) in [6.45, 7) is 2.88. The lowest BCUT2D eigenvalue weighted by Crippen LogP contribution is -2.36. The molecule has 3 aromatic rings. The van der Waals surface area contributed by atoms with Gasteiger partial charge in [0.2, 0.25) is 10.0 Å². The summed E-state index contributed by atoms with van der Waals surface area (Å²) in [5.41, 5.74) is 4.42. The second kappa shape index (κ2) is 8.42. The Morgan fingerprint density at radius 3 is 2.47 bits per heavy atom. The quantitative estimate of drug-likeness (QED) is 0.582. The van der Waals surface area contributed by atoms with Crippen molar-refractivity contribution in [2.24, 2.45) is 0 Å². The molecule has 0 aliphatic carbocycles. The molecule has 1 aliphatic heterocycles. The monoisotopic (exact) mass is 421 g/mol. The number of hydrogen-bond donors (Lipinski definition) is 0. The largest absolute Gasteiger partial charge is 0.457 e. The molecule has 0 spiro atoms. The van der Waals surface area contributed by atoms with Gasteiger partial charge in [-0.1, -0.05) is 60.2 Å². The van der Waals surface area contributed by atoms with Crippen molar-refractivity contribution in [3.05, 3.63) is 101 Å². The molecular formula is C24H23NO4S. The molecular weight excluding hydrogens is 398 g/mol. The summed E-state index contributed by atoms with van der Waals surface area (Å²) in [7, 11) is -3.71. The number of fused-ring (bicyclic) bond motifs is 1. The fraction of sp³-hybridized carbons (Fsp3) is 0.208. The number of ether oxygens (including phenoxy) is 1. The fourth-order valence-corrected chi connectivity index (χ4v) is 4.99. The smallest absolute Gasteiger partial charge is 0.338 e. The molecule has 0 saturated carbocycles. The number of rotatable bonds is 5. The molecule has 1 aliphatic rings. The molecule has 3 aromatic carbocycles. The number of aryl methyl sites for hydroxylation is 1. The van der Waals surface area contributed by atoms with Crippen LogP contribution in [0.5, 0.6) is 0 Å². The Hall–Kier alpha value is -2.96.